The maximum Gasteiger partial charge on any atom is 0.185 e. The van der Waals surface area contributed by atoms with E-state index in [0.717, 1.165) is 30.4 Å². The zero-order valence-corrected chi connectivity index (χ0v) is 16.0. The second kappa shape index (κ2) is 7.07. The van der Waals surface area contributed by atoms with Crippen molar-refractivity contribution < 1.29 is 9.50 Å². The molecule has 2 aromatic heterocycles. The summed E-state index contributed by atoms with van der Waals surface area (Å²) in [6.45, 7) is 0. The Hall–Kier alpha value is -3.07. The van der Waals surface area contributed by atoms with Gasteiger partial charge in [0.15, 0.2) is 11.6 Å². The highest BCUT2D eigenvalue weighted by atomic mass is 19.1. The molecule has 0 saturated carbocycles. The molecule has 0 amide bonds. The number of rotatable bonds is 4. The monoisotopic (exact) mass is 395 g/mol. The van der Waals surface area contributed by atoms with Crippen LogP contribution in [0.15, 0.2) is 36.8 Å². The first kappa shape index (κ1) is 18.0. The molecule has 3 aromatic rings. The van der Waals surface area contributed by atoms with E-state index >= 15 is 0 Å². The Balaban J connectivity index is 1.36. The summed E-state index contributed by atoms with van der Waals surface area (Å²) in [7, 11) is 1.84. The smallest absolute Gasteiger partial charge is 0.185 e. The van der Waals surface area contributed by atoms with Crippen LogP contribution in [0.5, 0.6) is 5.75 Å². The lowest BCUT2D eigenvalue weighted by Crippen LogP contribution is -2.55. The fraction of sp³-hybridized carbons (Fsp3) is 0.400. The van der Waals surface area contributed by atoms with Crippen LogP contribution in [0.3, 0.4) is 0 Å². The van der Waals surface area contributed by atoms with Crippen LogP contribution in [-0.2, 0) is 0 Å². The van der Waals surface area contributed by atoms with Gasteiger partial charge in [-0.3, -0.25) is 5.10 Å². The molecule has 0 unspecified atom stereocenters. The Kier molecular flexibility index (Phi) is 4.39. The van der Waals surface area contributed by atoms with Gasteiger partial charge >= 0.3 is 0 Å². The summed E-state index contributed by atoms with van der Waals surface area (Å²) in [6.07, 6.45) is 6.72. The van der Waals surface area contributed by atoms with Gasteiger partial charge in [0.25, 0.3) is 0 Å². The third-order valence-corrected chi connectivity index (χ3v) is 6.03. The number of aromatic amines is 1. The minimum Gasteiger partial charge on any atom is -0.507 e. The van der Waals surface area contributed by atoms with E-state index in [0.29, 0.717) is 23.2 Å². The molecule has 150 valence electrons. The van der Waals surface area contributed by atoms with Crippen molar-refractivity contribution in [2.45, 2.75) is 43.6 Å². The van der Waals surface area contributed by atoms with Gasteiger partial charge < -0.3 is 15.3 Å². The number of piperidine rings is 1. The second-order valence-electron chi connectivity index (χ2n) is 7.76. The number of aromatic hydroxyl groups is 1. The highest BCUT2D eigenvalue weighted by molar-refractivity contribution is 5.72. The lowest BCUT2D eigenvalue weighted by molar-refractivity contribution is 0.176. The van der Waals surface area contributed by atoms with Crippen molar-refractivity contribution in [3.63, 3.8) is 0 Å². The van der Waals surface area contributed by atoms with Crippen LogP contribution >= 0.6 is 0 Å². The number of phenolic OH excluding ortho intramolecular Hbond substituents is 1. The molecule has 2 aliphatic heterocycles. The molecule has 2 bridgehead atoms. The number of hydrogen-bond acceptors (Lipinski definition) is 7. The minimum atomic E-state index is -0.945. The third-order valence-electron chi connectivity index (χ3n) is 6.03. The highest BCUT2D eigenvalue weighted by Crippen LogP contribution is 2.34. The van der Waals surface area contributed by atoms with E-state index in [1.165, 1.54) is 0 Å². The number of nitrogens with zero attached hydrogens (tertiary/aromatic N) is 5. The maximum atomic E-state index is 14.8. The number of fused-ring (bicyclic) bond motifs is 2. The molecule has 0 aliphatic carbocycles. The molecule has 0 radical (unpaired) electrons. The lowest BCUT2D eigenvalue weighted by Gasteiger charge is -2.38. The first-order valence-electron chi connectivity index (χ1n) is 9.75. The fourth-order valence-corrected chi connectivity index (χ4v) is 4.38. The van der Waals surface area contributed by atoms with Gasteiger partial charge in [-0.1, -0.05) is 6.07 Å². The van der Waals surface area contributed by atoms with Crippen molar-refractivity contribution >= 4 is 5.82 Å². The number of phenols is 1. The summed E-state index contributed by atoms with van der Waals surface area (Å²) in [5.41, 5.74) is 2.20. The summed E-state index contributed by atoms with van der Waals surface area (Å²) in [6, 6.07) is 5.31. The normalized spacial score (nSPS) is 25.9. The number of nitrogens with one attached hydrogen (secondary N) is 2. The van der Waals surface area contributed by atoms with Gasteiger partial charge in [-0.15, -0.1) is 10.2 Å². The summed E-state index contributed by atoms with van der Waals surface area (Å²) in [5, 5.41) is 28.9. The SMILES string of the molecule is CN(c1cnc(-c2ccc(-c3cn[nH]c3)cc2O)nn1)[C@H]1C[C@@H]2CC[C@@H](N2)[C@H]1F. The number of hydrogen-bond donors (Lipinski definition) is 3. The van der Waals surface area contributed by atoms with E-state index in [-0.39, 0.29) is 17.8 Å². The quantitative estimate of drug-likeness (QED) is 0.623. The van der Waals surface area contributed by atoms with Gasteiger partial charge in [0, 0.05) is 30.9 Å². The van der Waals surface area contributed by atoms with E-state index in [1.54, 1.807) is 30.7 Å². The van der Waals surface area contributed by atoms with Gasteiger partial charge in [0.05, 0.1) is 24.0 Å². The molecule has 2 saturated heterocycles. The molecule has 1 aromatic carbocycles. The Morgan fingerprint density at radius 2 is 2.07 bits per heavy atom. The van der Waals surface area contributed by atoms with Crippen molar-refractivity contribution in [3.8, 4) is 28.3 Å². The number of alkyl halides is 1. The average Bonchev–Trinajstić information content (AvgIpc) is 3.41. The molecule has 4 heterocycles. The van der Waals surface area contributed by atoms with Crippen LogP contribution in [0.2, 0.25) is 0 Å². The van der Waals surface area contributed by atoms with E-state index in [2.05, 4.69) is 30.7 Å². The molecule has 5 rings (SSSR count). The van der Waals surface area contributed by atoms with Gasteiger partial charge in [-0.2, -0.15) is 5.10 Å². The van der Waals surface area contributed by atoms with Crippen LogP contribution in [-0.4, -0.2) is 61.8 Å². The van der Waals surface area contributed by atoms with Gasteiger partial charge in [0.2, 0.25) is 0 Å². The van der Waals surface area contributed by atoms with Crippen molar-refractivity contribution in [3.05, 3.63) is 36.8 Å². The minimum absolute atomic E-state index is 0.0605. The Morgan fingerprint density at radius 1 is 1.17 bits per heavy atom. The molecule has 29 heavy (non-hydrogen) atoms. The molecule has 2 aliphatic rings. The second-order valence-corrected chi connectivity index (χ2v) is 7.76. The van der Waals surface area contributed by atoms with Crippen molar-refractivity contribution in [2.75, 3.05) is 11.9 Å². The highest BCUT2D eigenvalue weighted by Gasteiger charge is 2.43. The standard InChI is InChI=1S/C20H22FN7O/c1-28(16-7-13-3-5-15(25-13)19(16)21)18-10-22-20(27-26-18)14-4-2-11(6-17(14)29)12-8-23-24-9-12/h2,4,6,8-10,13,15-16,19,25,29H,3,5,7H2,1H3,(H,23,24)/t13-,15+,16-,19+/m0/s1. The van der Waals surface area contributed by atoms with Crippen molar-refractivity contribution in [1.29, 1.82) is 0 Å². The van der Waals surface area contributed by atoms with Gasteiger partial charge in [-0.05, 0) is 37.0 Å². The zero-order valence-electron chi connectivity index (χ0n) is 16.0. The molecule has 4 atom stereocenters. The molecule has 3 N–H and O–H groups in total. The van der Waals surface area contributed by atoms with E-state index in [4.69, 9.17) is 0 Å². The topological polar surface area (TPSA) is 103 Å². The molecule has 0 spiro atoms. The molecule has 9 heteroatoms. The number of H-pyrrole nitrogens is 1. The van der Waals surface area contributed by atoms with Crippen molar-refractivity contribution in [2.24, 2.45) is 0 Å². The predicted octanol–water partition coefficient (Wildman–Crippen LogP) is 2.30. The first-order chi connectivity index (χ1) is 14.1. The van der Waals surface area contributed by atoms with Crippen LogP contribution in [0.25, 0.3) is 22.5 Å². The fourth-order valence-electron chi connectivity index (χ4n) is 4.38. The van der Waals surface area contributed by atoms with Gasteiger partial charge in [0.1, 0.15) is 11.9 Å². The summed E-state index contributed by atoms with van der Waals surface area (Å²) < 4.78 is 14.8. The van der Waals surface area contributed by atoms with Crippen molar-refractivity contribution in [1.82, 2.24) is 30.7 Å². The predicted molar refractivity (Wildman–Crippen MR) is 106 cm³/mol. The van der Waals surface area contributed by atoms with E-state index in [1.807, 2.05) is 18.0 Å². The van der Waals surface area contributed by atoms with E-state index in [9.17, 15) is 9.50 Å². The Bertz CT molecular complexity index is 995. The molecule has 2 fully saturated rings. The molecular weight excluding hydrogens is 373 g/mol. The largest absolute Gasteiger partial charge is 0.507 e. The van der Waals surface area contributed by atoms with E-state index < -0.39 is 6.17 Å². The molecular formula is C20H22FN7O. The lowest BCUT2D eigenvalue weighted by atomic mass is 9.96. The summed E-state index contributed by atoms with van der Waals surface area (Å²) >= 11 is 0. The number of aromatic nitrogens is 5. The maximum absolute atomic E-state index is 14.8. The zero-order chi connectivity index (χ0) is 20.0. The average molecular weight is 395 g/mol. The van der Waals surface area contributed by atoms with Crippen LogP contribution in [0.4, 0.5) is 10.2 Å². The first-order valence-corrected chi connectivity index (χ1v) is 9.75. The summed E-state index contributed by atoms with van der Waals surface area (Å²) in [5.74, 6) is 0.906. The number of benzene rings is 1. The van der Waals surface area contributed by atoms with Gasteiger partial charge in [-0.25, -0.2) is 9.37 Å². The molecule has 8 nitrogen and oxygen atoms in total. The Labute approximate surface area is 167 Å². The summed E-state index contributed by atoms with van der Waals surface area (Å²) in [4.78, 5) is 6.20. The van der Waals surface area contributed by atoms with Crippen LogP contribution in [0, 0.1) is 0 Å². The number of halogens is 1. The third kappa shape index (κ3) is 3.21. The Morgan fingerprint density at radius 3 is 2.79 bits per heavy atom. The van der Waals surface area contributed by atoms with Crippen LogP contribution in [0.1, 0.15) is 19.3 Å². The number of anilines is 1. The van der Waals surface area contributed by atoms with Crippen LogP contribution < -0.4 is 10.2 Å².